The van der Waals surface area contributed by atoms with Crippen LogP contribution in [0.25, 0.3) is 0 Å². The van der Waals surface area contributed by atoms with Gasteiger partial charge in [0.15, 0.2) is 0 Å². The average molecular weight is 332 g/mol. The van der Waals surface area contributed by atoms with Crippen LogP contribution in [-0.4, -0.2) is 36.7 Å². The van der Waals surface area contributed by atoms with E-state index in [-0.39, 0.29) is 0 Å². The second-order valence-corrected chi connectivity index (χ2v) is 7.46. The molecule has 1 saturated carbocycles. The van der Waals surface area contributed by atoms with Crippen LogP contribution in [0.1, 0.15) is 63.4 Å². The summed E-state index contributed by atoms with van der Waals surface area (Å²) in [4.78, 5) is 2.70. The number of ether oxygens (including phenoxy) is 1. The smallest absolute Gasteiger partial charge is 0.0583 e. The molecule has 2 fully saturated rings. The summed E-state index contributed by atoms with van der Waals surface area (Å²) in [6, 6.07) is 6.84. The van der Waals surface area contributed by atoms with Gasteiger partial charge in [0.2, 0.25) is 0 Å². The Morgan fingerprint density at radius 2 is 1.75 bits per heavy atom. The molecule has 0 aromatic heterocycles. The summed E-state index contributed by atoms with van der Waals surface area (Å²) in [6.45, 7) is 5.47. The molecule has 0 atom stereocenters. The van der Waals surface area contributed by atoms with Crippen molar-refractivity contribution in [1.29, 1.82) is 0 Å². The minimum atomic E-state index is 0.505. The summed E-state index contributed by atoms with van der Waals surface area (Å²) in [5.41, 5.74) is 14.9. The van der Waals surface area contributed by atoms with Crippen molar-refractivity contribution >= 4 is 11.4 Å². The summed E-state index contributed by atoms with van der Waals surface area (Å²) >= 11 is 0. The number of nitrogens with two attached hydrogens (primary N) is 2. The number of hydrogen-bond acceptors (Lipinski definition) is 4. The predicted molar refractivity (Wildman–Crippen MR) is 101 cm³/mol. The molecular weight excluding hydrogens is 298 g/mol. The van der Waals surface area contributed by atoms with Gasteiger partial charge in [-0.1, -0.05) is 19.1 Å². The van der Waals surface area contributed by atoms with Crippen LogP contribution in [0, 0.1) is 0 Å². The summed E-state index contributed by atoms with van der Waals surface area (Å²) in [6.07, 6.45) is 9.06. The zero-order valence-corrected chi connectivity index (χ0v) is 15.0. The largest absolute Gasteiger partial charge is 0.397 e. The maximum absolute atomic E-state index is 6.19. The fourth-order valence-corrected chi connectivity index (χ4v) is 4.39. The Labute approximate surface area is 146 Å². The van der Waals surface area contributed by atoms with Gasteiger partial charge < -0.3 is 21.1 Å². The molecule has 1 aliphatic heterocycles. The van der Waals surface area contributed by atoms with E-state index >= 15 is 0 Å². The van der Waals surface area contributed by atoms with Crippen molar-refractivity contribution in [3.05, 3.63) is 23.8 Å². The van der Waals surface area contributed by atoms with Crippen molar-refractivity contribution in [3.63, 3.8) is 0 Å². The number of anilines is 2. The highest BCUT2D eigenvalue weighted by atomic mass is 16.5. The van der Waals surface area contributed by atoms with Crippen LogP contribution >= 0.6 is 0 Å². The molecule has 1 heterocycles. The van der Waals surface area contributed by atoms with Crippen molar-refractivity contribution in [2.24, 2.45) is 0 Å². The van der Waals surface area contributed by atoms with Crippen LogP contribution in [-0.2, 0) is 4.74 Å². The van der Waals surface area contributed by atoms with Gasteiger partial charge in [0.1, 0.15) is 0 Å². The molecule has 1 aromatic rings. The van der Waals surface area contributed by atoms with E-state index in [2.05, 4.69) is 17.9 Å². The molecule has 1 aliphatic carbocycles. The molecule has 4 N–H and O–H groups in total. The highest BCUT2D eigenvalue weighted by molar-refractivity contribution is 5.68. The number of benzene rings is 1. The molecule has 134 valence electrons. The number of hydrogen-bond donors (Lipinski definition) is 2. The van der Waals surface area contributed by atoms with Crippen LogP contribution in [0.4, 0.5) is 11.4 Å². The summed E-state index contributed by atoms with van der Waals surface area (Å²) in [5.74, 6) is 0.564. The van der Waals surface area contributed by atoms with Crippen LogP contribution in [0.5, 0.6) is 0 Å². The first-order chi connectivity index (χ1) is 11.7. The van der Waals surface area contributed by atoms with E-state index in [1.165, 1.54) is 57.2 Å². The number of nitrogen functional groups attached to an aromatic ring is 2. The Hall–Kier alpha value is -1.26. The van der Waals surface area contributed by atoms with Crippen LogP contribution in [0.2, 0.25) is 0 Å². The third-order valence-electron chi connectivity index (χ3n) is 5.86. The number of likely N-dealkylation sites (tertiary alicyclic amines) is 1. The third-order valence-corrected chi connectivity index (χ3v) is 5.86. The average Bonchev–Trinajstić information content (AvgIpc) is 2.63. The first kappa shape index (κ1) is 17.6. The molecule has 0 unspecified atom stereocenters. The zero-order valence-electron chi connectivity index (χ0n) is 15.0. The molecule has 4 heteroatoms. The van der Waals surface area contributed by atoms with Gasteiger partial charge >= 0.3 is 0 Å². The number of para-hydroxylation sites is 1. The molecule has 0 amide bonds. The highest BCUT2D eigenvalue weighted by Gasteiger charge is 2.30. The van der Waals surface area contributed by atoms with Gasteiger partial charge in [-0.3, -0.25) is 0 Å². The lowest BCUT2D eigenvalue weighted by Gasteiger charge is -2.41. The third kappa shape index (κ3) is 4.04. The predicted octanol–water partition coefficient (Wildman–Crippen LogP) is 3.77. The summed E-state index contributed by atoms with van der Waals surface area (Å²) < 4.78 is 5.92. The van der Waals surface area contributed by atoms with Gasteiger partial charge in [-0.2, -0.15) is 0 Å². The van der Waals surface area contributed by atoms with Crippen molar-refractivity contribution < 1.29 is 4.74 Å². The minimum absolute atomic E-state index is 0.505. The molecule has 1 aromatic carbocycles. The van der Waals surface area contributed by atoms with Crippen LogP contribution < -0.4 is 11.5 Å². The van der Waals surface area contributed by atoms with E-state index in [4.69, 9.17) is 16.2 Å². The molecule has 0 spiro atoms. The number of nitrogens with zero attached hydrogens (tertiary/aromatic N) is 1. The van der Waals surface area contributed by atoms with Gasteiger partial charge in [0.05, 0.1) is 17.5 Å². The molecule has 1 saturated heterocycles. The normalized spacial score (nSPS) is 26.5. The molecule has 2 aliphatic rings. The Morgan fingerprint density at radius 1 is 1.04 bits per heavy atom. The van der Waals surface area contributed by atoms with Crippen molar-refractivity contribution in [2.75, 3.05) is 31.2 Å². The molecule has 24 heavy (non-hydrogen) atoms. The lowest BCUT2D eigenvalue weighted by atomic mass is 9.85. The van der Waals surface area contributed by atoms with Crippen molar-refractivity contribution in [2.45, 2.75) is 69.9 Å². The van der Waals surface area contributed by atoms with Crippen molar-refractivity contribution in [1.82, 2.24) is 4.90 Å². The topological polar surface area (TPSA) is 64.5 Å². The monoisotopic (exact) mass is 331 g/mol. The lowest BCUT2D eigenvalue weighted by molar-refractivity contribution is 0.00386. The molecule has 4 nitrogen and oxygen atoms in total. The van der Waals surface area contributed by atoms with Crippen molar-refractivity contribution in [3.8, 4) is 0 Å². The van der Waals surface area contributed by atoms with Gasteiger partial charge in [-0.15, -0.1) is 0 Å². The van der Waals surface area contributed by atoms with E-state index in [0.29, 0.717) is 12.0 Å². The Balaban J connectivity index is 1.48. The van der Waals surface area contributed by atoms with E-state index in [0.717, 1.165) is 30.4 Å². The Bertz CT molecular complexity index is 518. The fraction of sp³-hybridized carbons (Fsp3) is 0.700. The zero-order chi connectivity index (χ0) is 16.9. The first-order valence-corrected chi connectivity index (χ1v) is 9.68. The number of rotatable bonds is 5. The quantitative estimate of drug-likeness (QED) is 0.806. The molecule has 3 rings (SSSR count). The summed E-state index contributed by atoms with van der Waals surface area (Å²) in [7, 11) is 0. The highest BCUT2D eigenvalue weighted by Crippen LogP contribution is 2.36. The minimum Gasteiger partial charge on any atom is -0.397 e. The second kappa shape index (κ2) is 8.21. The van der Waals surface area contributed by atoms with Gasteiger partial charge in [0.25, 0.3) is 0 Å². The number of piperidine rings is 1. The van der Waals surface area contributed by atoms with Gasteiger partial charge in [0, 0.05) is 12.6 Å². The molecular formula is C20H33N3O. The van der Waals surface area contributed by atoms with E-state index in [1.807, 2.05) is 12.1 Å². The molecule has 0 bridgehead atoms. The molecule has 0 radical (unpaired) electrons. The van der Waals surface area contributed by atoms with E-state index in [9.17, 15) is 0 Å². The second-order valence-electron chi connectivity index (χ2n) is 7.46. The fourth-order valence-electron chi connectivity index (χ4n) is 4.39. The maximum atomic E-state index is 6.19. The standard InChI is InChI=1S/C20H33N3O/c1-2-14-24-17-8-6-16(7-9-17)23-12-10-15(11-13-23)18-4-3-5-19(21)20(18)22/h3-5,15-17H,2,6-14,21-22H2,1H3. The maximum Gasteiger partial charge on any atom is 0.0583 e. The Morgan fingerprint density at radius 3 is 2.42 bits per heavy atom. The van der Waals surface area contributed by atoms with Gasteiger partial charge in [-0.05, 0) is 75.6 Å². The van der Waals surface area contributed by atoms with Gasteiger partial charge in [-0.25, -0.2) is 0 Å². The van der Waals surface area contributed by atoms with E-state index in [1.54, 1.807) is 0 Å². The van der Waals surface area contributed by atoms with Crippen LogP contribution in [0.3, 0.4) is 0 Å². The Kier molecular flexibility index (Phi) is 6.01. The lowest BCUT2D eigenvalue weighted by Crippen LogP contribution is -2.43. The van der Waals surface area contributed by atoms with E-state index < -0.39 is 0 Å². The SMILES string of the molecule is CCCOC1CCC(N2CCC(c3cccc(N)c3N)CC2)CC1. The van der Waals surface area contributed by atoms with Crippen LogP contribution in [0.15, 0.2) is 18.2 Å². The first-order valence-electron chi connectivity index (χ1n) is 9.68. The summed E-state index contributed by atoms with van der Waals surface area (Å²) in [5, 5.41) is 0.